The smallest absolute Gasteiger partial charge is 0.341 e. The third-order valence-electron chi connectivity index (χ3n) is 6.13. The molecule has 1 aromatic carbocycles. The Morgan fingerprint density at radius 1 is 1.26 bits per heavy atom. The number of aliphatic hydroxyl groups excluding tert-OH is 1. The molecule has 1 aliphatic rings. The lowest BCUT2D eigenvalue weighted by Crippen LogP contribution is -2.39. The summed E-state index contributed by atoms with van der Waals surface area (Å²) in [5.41, 5.74) is 2.34. The largest absolute Gasteiger partial charge is 0.462 e. The molecule has 39 heavy (non-hydrogen) atoms. The number of morpholine rings is 1. The van der Waals surface area contributed by atoms with Gasteiger partial charge in [-0.3, -0.25) is 0 Å². The number of carbonyl (C=O) groups is 1. The van der Waals surface area contributed by atoms with Gasteiger partial charge in [-0.05, 0) is 30.7 Å². The normalized spacial score (nSPS) is 15.5. The van der Waals surface area contributed by atoms with E-state index in [0.717, 1.165) is 32.1 Å². The number of nitrogens with zero attached hydrogens (tertiary/aromatic N) is 6. The van der Waals surface area contributed by atoms with Crippen LogP contribution >= 0.6 is 23.1 Å². The standard InChI is InChI=1S/C27H30N6O4S2/c1-3-36-25(35)19-13-28-26(29-14-19)32(2)16-21-12-22-24(39-21)15-30-27(31-22)33-7-9-37-23(17-33)18-5-4-6-20(11-18)38-10-8-34/h4-6,11-15,23,34H,3,7-10,16-17H2,1-2H3. The fourth-order valence-corrected chi connectivity index (χ4v) is 6.00. The monoisotopic (exact) mass is 566 g/mol. The number of hydrogen-bond acceptors (Lipinski definition) is 12. The third kappa shape index (κ3) is 6.64. The minimum Gasteiger partial charge on any atom is -0.462 e. The molecular weight excluding hydrogens is 536 g/mol. The van der Waals surface area contributed by atoms with Gasteiger partial charge in [-0.25, -0.2) is 24.7 Å². The molecule has 0 spiro atoms. The molecule has 0 bridgehead atoms. The van der Waals surface area contributed by atoms with Crippen LogP contribution in [0.15, 0.2) is 53.8 Å². The molecular formula is C27H30N6O4S2. The number of thiophene rings is 1. The number of fused-ring (bicyclic) bond motifs is 1. The molecule has 3 aromatic heterocycles. The van der Waals surface area contributed by atoms with Crippen molar-refractivity contribution in [3.8, 4) is 0 Å². The first-order valence-corrected chi connectivity index (χ1v) is 14.5. The number of rotatable bonds is 10. The second-order valence-corrected chi connectivity index (χ2v) is 11.3. The lowest BCUT2D eigenvalue weighted by Gasteiger charge is -2.33. The van der Waals surface area contributed by atoms with Crippen LogP contribution in [0.1, 0.15) is 33.8 Å². The highest BCUT2D eigenvalue weighted by Crippen LogP contribution is 2.30. The average Bonchev–Trinajstić information content (AvgIpc) is 3.38. The minimum atomic E-state index is -0.428. The Balaban J connectivity index is 1.26. The SMILES string of the molecule is CCOC(=O)c1cnc(N(C)Cc2cc3nc(N4CCOC(c5cccc(SCCO)c5)C4)ncc3s2)nc1. The minimum absolute atomic E-state index is 0.0744. The van der Waals surface area contributed by atoms with Gasteiger partial charge in [0.15, 0.2) is 0 Å². The van der Waals surface area contributed by atoms with Crippen molar-refractivity contribution in [3.05, 3.63) is 64.9 Å². The number of carbonyl (C=O) groups excluding carboxylic acids is 1. The predicted octanol–water partition coefficient (Wildman–Crippen LogP) is 3.96. The highest BCUT2D eigenvalue weighted by molar-refractivity contribution is 7.99. The quantitative estimate of drug-likeness (QED) is 0.222. The third-order valence-corrected chi connectivity index (χ3v) is 8.15. The Morgan fingerprint density at radius 2 is 2.10 bits per heavy atom. The maximum Gasteiger partial charge on any atom is 0.341 e. The van der Waals surface area contributed by atoms with Crippen LogP contribution in [0.25, 0.3) is 10.2 Å². The van der Waals surface area contributed by atoms with E-state index in [2.05, 4.69) is 44.1 Å². The zero-order chi connectivity index (χ0) is 27.2. The van der Waals surface area contributed by atoms with Gasteiger partial charge in [0, 0.05) is 41.5 Å². The van der Waals surface area contributed by atoms with Crippen LogP contribution in [-0.4, -0.2) is 76.7 Å². The molecule has 4 heterocycles. The zero-order valence-electron chi connectivity index (χ0n) is 21.8. The molecule has 1 aliphatic heterocycles. The van der Waals surface area contributed by atoms with E-state index in [4.69, 9.17) is 19.6 Å². The first kappa shape index (κ1) is 27.3. The van der Waals surface area contributed by atoms with Crippen molar-refractivity contribution in [1.82, 2.24) is 19.9 Å². The van der Waals surface area contributed by atoms with Crippen LogP contribution in [0.4, 0.5) is 11.9 Å². The second-order valence-electron chi connectivity index (χ2n) is 8.93. The van der Waals surface area contributed by atoms with Gasteiger partial charge in [-0.2, -0.15) is 0 Å². The summed E-state index contributed by atoms with van der Waals surface area (Å²) in [6.07, 6.45) is 4.78. The van der Waals surface area contributed by atoms with Crippen molar-refractivity contribution in [3.63, 3.8) is 0 Å². The summed E-state index contributed by atoms with van der Waals surface area (Å²) in [5.74, 6) is 1.45. The fraction of sp³-hybridized carbons (Fsp3) is 0.370. The van der Waals surface area contributed by atoms with Crippen molar-refractivity contribution in [2.24, 2.45) is 0 Å². The van der Waals surface area contributed by atoms with E-state index >= 15 is 0 Å². The van der Waals surface area contributed by atoms with Gasteiger partial charge >= 0.3 is 5.97 Å². The second kappa shape index (κ2) is 12.7. The molecule has 1 fully saturated rings. The van der Waals surface area contributed by atoms with Crippen LogP contribution in [0.3, 0.4) is 0 Å². The molecule has 4 aromatic rings. The Hall–Kier alpha value is -3.32. The molecule has 1 saturated heterocycles. The number of aromatic nitrogens is 4. The molecule has 10 nitrogen and oxygen atoms in total. The summed E-state index contributed by atoms with van der Waals surface area (Å²) >= 11 is 3.27. The van der Waals surface area contributed by atoms with Gasteiger partial charge < -0.3 is 24.4 Å². The van der Waals surface area contributed by atoms with Gasteiger partial charge in [0.1, 0.15) is 6.10 Å². The highest BCUT2D eigenvalue weighted by atomic mass is 32.2. The fourth-order valence-electron chi connectivity index (χ4n) is 4.25. The van der Waals surface area contributed by atoms with E-state index in [1.54, 1.807) is 30.0 Å². The Bertz CT molecular complexity index is 1420. The van der Waals surface area contributed by atoms with Crippen molar-refractivity contribution in [1.29, 1.82) is 0 Å². The summed E-state index contributed by atoms with van der Waals surface area (Å²) in [6, 6.07) is 10.4. The summed E-state index contributed by atoms with van der Waals surface area (Å²) in [7, 11) is 1.91. The molecule has 5 rings (SSSR count). The number of anilines is 2. The van der Waals surface area contributed by atoms with E-state index in [-0.39, 0.29) is 12.7 Å². The molecule has 1 N–H and O–H groups in total. The number of thioether (sulfide) groups is 1. The number of esters is 1. The van der Waals surface area contributed by atoms with E-state index < -0.39 is 5.97 Å². The Labute approximate surface area is 235 Å². The van der Waals surface area contributed by atoms with Crippen LogP contribution in [0.5, 0.6) is 0 Å². The summed E-state index contributed by atoms with van der Waals surface area (Å²) in [6.45, 7) is 4.80. The zero-order valence-corrected chi connectivity index (χ0v) is 23.5. The highest BCUT2D eigenvalue weighted by Gasteiger charge is 2.24. The lowest BCUT2D eigenvalue weighted by atomic mass is 10.1. The van der Waals surface area contributed by atoms with Gasteiger partial charge in [-0.15, -0.1) is 23.1 Å². The number of hydrogen-bond donors (Lipinski definition) is 1. The average molecular weight is 567 g/mol. The van der Waals surface area contributed by atoms with Crippen LogP contribution < -0.4 is 9.80 Å². The predicted molar refractivity (Wildman–Crippen MR) is 153 cm³/mol. The summed E-state index contributed by atoms with van der Waals surface area (Å²) < 4.78 is 12.1. The molecule has 0 amide bonds. The van der Waals surface area contributed by atoms with E-state index in [1.807, 2.05) is 24.2 Å². The van der Waals surface area contributed by atoms with E-state index in [1.165, 1.54) is 12.4 Å². The molecule has 0 saturated carbocycles. The molecule has 1 unspecified atom stereocenters. The van der Waals surface area contributed by atoms with Gasteiger partial charge in [0.25, 0.3) is 0 Å². The van der Waals surface area contributed by atoms with Gasteiger partial charge in [0.05, 0.1) is 54.9 Å². The molecule has 0 aliphatic carbocycles. The molecule has 0 radical (unpaired) electrons. The summed E-state index contributed by atoms with van der Waals surface area (Å²) in [5, 5.41) is 9.13. The summed E-state index contributed by atoms with van der Waals surface area (Å²) in [4.78, 5) is 36.3. The van der Waals surface area contributed by atoms with Crippen molar-refractivity contribution in [2.45, 2.75) is 24.5 Å². The molecule has 1 atom stereocenters. The lowest BCUT2D eigenvalue weighted by molar-refractivity contribution is 0.0391. The van der Waals surface area contributed by atoms with Gasteiger partial charge in [-0.1, -0.05) is 12.1 Å². The van der Waals surface area contributed by atoms with Crippen molar-refractivity contribution in [2.75, 3.05) is 55.5 Å². The van der Waals surface area contributed by atoms with E-state index in [9.17, 15) is 4.79 Å². The topological polar surface area (TPSA) is 114 Å². The van der Waals surface area contributed by atoms with Crippen LogP contribution in [0.2, 0.25) is 0 Å². The van der Waals surface area contributed by atoms with Crippen molar-refractivity contribution < 1.29 is 19.4 Å². The van der Waals surface area contributed by atoms with Crippen LogP contribution in [-0.2, 0) is 16.0 Å². The Morgan fingerprint density at radius 3 is 2.90 bits per heavy atom. The first-order valence-electron chi connectivity index (χ1n) is 12.7. The Kier molecular flexibility index (Phi) is 8.87. The maximum atomic E-state index is 11.9. The van der Waals surface area contributed by atoms with Crippen molar-refractivity contribution >= 4 is 51.2 Å². The van der Waals surface area contributed by atoms with Gasteiger partial charge in [0.2, 0.25) is 11.9 Å². The maximum absolute atomic E-state index is 11.9. The molecule has 12 heteroatoms. The number of ether oxygens (including phenoxy) is 2. The number of benzene rings is 1. The first-order chi connectivity index (χ1) is 19.0. The molecule has 204 valence electrons. The van der Waals surface area contributed by atoms with E-state index in [0.29, 0.717) is 49.5 Å². The number of aliphatic hydroxyl groups is 1. The van der Waals surface area contributed by atoms with Crippen LogP contribution in [0, 0.1) is 0 Å².